The summed E-state index contributed by atoms with van der Waals surface area (Å²) >= 11 is 7.46. The maximum absolute atomic E-state index is 5.84. The largest absolute Gasteiger partial charge is 0.486 e. The number of benzene rings is 2. The summed E-state index contributed by atoms with van der Waals surface area (Å²) in [6.07, 6.45) is 0. The predicted molar refractivity (Wildman–Crippen MR) is 92.9 cm³/mol. The standard InChI is InChI=1S/C17H16ClN3OS/c1-12(13-5-3-2-4-6-13)23-17-19-16(20-21-17)11-22-15-9-7-14(18)8-10-15/h2-10,12H,11H2,1H3,(H,19,20,21). The Balaban J connectivity index is 1.56. The van der Waals surface area contributed by atoms with E-state index in [1.807, 2.05) is 30.3 Å². The Morgan fingerprint density at radius 3 is 2.61 bits per heavy atom. The molecule has 0 spiro atoms. The van der Waals surface area contributed by atoms with E-state index in [4.69, 9.17) is 16.3 Å². The summed E-state index contributed by atoms with van der Waals surface area (Å²) in [5.74, 6) is 1.44. The second-order valence-corrected chi connectivity index (χ2v) is 6.72. The van der Waals surface area contributed by atoms with Gasteiger partial charge in [-0.15, -0.1) is 5.10 Å². The molecule has 0 radical (unpaired) electrons. The van der Waals surface area contributed by atoms with Gasteiger partial charge in [0.05, 0.1) is 0 Å². The highest BCUT2D eigenvalue weighted by molar-refractivity contribution is 7.99. The SMILES string of the molecule is CC(Sc1n[nH]c(COc2ccc(Cl)cc2)n1)c1ccccc1. The van der Waals surface area contributed by atoms with E-state index in [9.17, 15) is 0 Å². The fourth-order valence-corrected chi connectivity index (χ4v) is 3.02. The zero-order chi connectivity index (χ0) is 16.1. The summed E-state index contributed by atoms with van der Waals surface area (Å²) < 4.78 is 5.65. The molecule has 23 heavy (non-hydrogen) atoms. The highest BCUT2D eigenvalue weighted by atomic mass is 35.5. The minimum Gasteiger partial charge on any atom is -0.486 e. The van der Waals surface area contributed by atoms with Gasteiger partial charge in [-0.2, -0.15) is 0 Å². The van der Waals surface area contributed by atoms with Crippen LogP contribution >= 0.6 is 23.4 Å². The quantitative estimate of drug-likeness (QED) is 0.646. The lowest BCUT2D eigenvalue weighted by molar-refractivity contribution is 0.296. The second-order valence-electron chi connectivity index (χ2n) is 4.98. The normalized spacial score (nSPS) is 12.1. The molecule has 0 bridgehead atoms. The highest BCUT2D eigenvalue weighted by Crippen LogP contribution is 2.32. The van der Waals surface area contributed by atoms with Crippen LogP contribution in [0.25, 0.3) is 0 Å². The van der Waals surface area contributed by atoms with E-state index in [0.29, 0.717) is 17.5 Å². The maximum Gasteiger partial charge on any atom is 0.209 e. The van der Waals surface area contributed by atoms with Crippen molar-refractivity contribution in [1.82, 2.24) is 15.2 Å². The van der Waals surface area contributed by atoms with Crippen molar-refractivity contribution in [3.8, 4) is 5.75 Å². The lowest BCUT2D eigenvalue weighted by Crippen LogP contribution is -1.97. The zero-order valence-electron chi connectivity index (χ0n) is 12.6. The predicted octanol–water partition coefficient (Wildman–Crippen LogP) is 4.89. The number of H-pyrrole nitrogens is 1. The molecule has 0 saturated carbocycles. The van der Waals surface area contributed by atoms with E-state index >= 15 is 0 Å². The smallest absolute Gasteiger partial charge is 0.209 e. The number of ether oxygens (including phenoxy) is 1. The van der Waals surface area contributed by atoms with Gasteiger partial charge < -0.3 is 4.74 Å². The Bertz CT molecular complexity index is 746. The number of aromatic nitrogens is 3. The van der Waals surface area contributed by atoms with Crippen molar-refractivity contribution < 1.29 is 4.74 Å². The summed E-state index contributed by atoms with van der Waals surface area (Å²) in [6.45, 7) is 2.48. The lowest BCUT2D eigenvalue weighted by Gasteiger charge is -2.08. The molecule has 1 N–H and O–H groups in total. The third-order valence-electron chi connectivity index (χ3n) is 3.25. The van der Waals surface area contributed by atoms with Crippen LogP contribution in [0.4, 0.5) is 0 Å². The molecule has 1 aromatic heterocycles. The molecule has 0 saturated heterocycles. The van der Waals surface area contributed by atoms with Crippen LogP contribution in [0, 0.1) is 0 Å². The van der Waals surface area contributed by atoms with Gasteiger partial charge in [0.1, 0.15) is 12.4 Å². The number of rotatable bonds is 6. The van der Waals surface area contributed by atoms with E-state index in [1.54, 1.807) is 23.9 Å². The number of halogens is 1. The van der Waals surface area contributed by atoms with Crippen LogP contribution in [0.15, 0.2) is 59.8 Å². The number of aromatic amines is 1. The van der Waals surface area contributed by atoms with Crippen molar-refractivity contribution in [3.63, 3.8) is 0 Å². The number of nitrogens with zero attached hydrogens (tertiary/aromatic N) is 2. The van der Waals surface area contributed by atoms with Gasteiger partial charge in [-0.25, -0.2) is 4.98 Å². The van der Waals surface area contributed by atoms with Crippen molar-refractivity contribution in [2.24, 2.45) is 0 Å². The van der Waals surface area contributed by atoms with Gasteiger partial charge in [0.25, 0.3) is 0 Å². The molecular formula is C17H16ClN3OS. The molecule has 1 unspecified atom stereocenters. The molecule has 118 valence electrons. The molecule has 2 aromatic carbocycles. The van der Waals surface area contributed by atoms with Crippen LogP contribution in [0.1, 0.15) is 23.6 Å². The van der Waals surface area contributed by atoms with Crippen molar-refractivity contribution in [3.05, 3.63) is 71.0 Å². The average molecular weight is 346 g/mol. The van der Waals surface area contributed by atoms with Gasteiger partial charge in [0.2, 0.25) is 5.16 Å². The lowest BCUT2D eigenvalue weighted by atomic mass is 10.2. The summed E-state index contributed by atoms with van der Waals surface area (Å²) in [5.41, 5.74) is 1.25. The first-order valence-electron chi connectivity index (χ1n) is 7.22. The van der Waals surface area contributed by atoms with E-state index in [2.05, 4.69) is 34.2 Å². The van der Waals surface area contributed by atoms with E-state index in [0.717, 1.165) is 10.9 Å². The Morgan fingerprint density at radius 1 is 1.13 bits per heavy atom. The van der Waals surface area contributed by atoms with Gasteiger partial charge in [-0.05, 0) is 36.8 Å². The molecule has 6 heteroatoms. The van der Waals surface area contributed by atoms with E-state index in [-0.39, 0.29) is 5.25 Å². The number of thioether (sulfide) groups is 1. The summed E-state index contributed by atoms with van der Waals surface area (Å²) in [5, 5.41) is 8.84. The van der Waals surface area contributed by atoms with Gasteiger partial charge in [0, 0.05) is 10.3 Å². The topological polar surface area (TPSA) is 50.8 Å². The molecule has 3 rings (SSSR count). The first-order chi connectivity index (χ1) is 11.2. The van der Waals surface area contributed by atoms with E-state index in [1.165, 1.54) is 5.56 Å². The molecule has 0 amide bonds. The third kappa shape index (κ3) is 4.50. The molecule has 3 aromatic rings. The Labute approximate surface area is 144 Å². The first-order valence-corrected chi connectivity index (χ1v) is 8.48. The molecule has 0 aliphatic heterocycles. The van der Waals surface area contributed by atoms with Crippen LogP contribution < -0.4 is 4.74 Å². The van der Waals surface area contributed by atoms with Crippen molar-refractivity contribution in [1.29, 1.82) is 0 Å². The molecule has 0 fully saturated rings. The highest BCUT2D eigenvalue weighted by Gasteiger charge is 2.11. The van der Waals surface area contributed by atoms with Crippen LogP contribution in [0.3, 0.4) is 0 Å². The van der Waals surface area contributed by atoms with Crippen molar-refractivity contribution in [2.45, 2.75) is 23.9 Å². The molecular weight excluding hydrogens is 330 g/mol. The van der Waals surface area contributed by atoms with Gasteiger partial charge in [0.15, 0.2) is 5.82 Å². The average Bonchev–Trinajstić information content (AvgIpc) is 3.02. The summed E-state index contributed by atoms with van der Waals surface area (Å²) in [7, 11) is 0. The van der Waals surface area contributed by atoms with Crippen molar-refractivity contribution >= 4 is 23.4 Å². The number of hydrogen-bond acceptors (Lipinski definition) is 4. The number of hydrogen-bond donors (Lipinski definition) is 1. The Hall–Kier alpha value is -1.98. The molecule has 0 aliphatic carbocycles. The summed E-state index contributed by atoms with van der Waals surface area (Å²) in [6, 6.07) is 17.5. The van der Waals surface area contributed by atoms with Gasteiger partial charge in [-0.1, -0.05) is 53.7 Å². The van der Waals surface area contributed by atoms with Crippen LogP contribution in [0.5, 0.6) is 5.75 Å². The van der Waals surface area contributed by atoms with Gasteiger partial charge in [-0.3, -0.25) is 5.10 Å². The number of nitrogens with one attached hydrogen (secondary N) is 1. The molecule has 1 heterocycles. The van der Waals surface area contributed by atoms with E-state index < -0.39 is 0 Å². The monoisotopic (exact) mass is 345 g/mol. The Morgan fingerprint density at radius 2 is 1.87 bits per heavy atom. The fraction of sp³-hybridized carbons (Fsp3) is 0.176. The maximum atomic E-state index is 5.84. The van der Waals surface area contributed by atoms with Crippen LogP contribution in [-0.4, -0.2) is 15.2 Å². The zero-order valence-corrected chi connectivity index (χ0v) is 14.1. The van der Waals surface area contributed by atoms with Crippen LogP contribution in [-0.2, 0) is 6.61 Å². The van der Waals surface area contributed by atoms with Gasteiger partial charge >= 0.3 is 0 Å². The van der Waals surface area contributed by atoms with Crippen molar-refractivity contribution in [2.75, 3.05) is 0 Å². The molecule has 0 aliphatic rings. The summed E-state index contributed by atoms with van der Waals surface area (Å²) in [4.78, 5) is 4.45. The first kappa shape index (κ1) is 15.9. The molecule has 1 atom stereocenters. The third-order valence-corrected chi connectivity index (χ3v) is 4.52. The minimum absolute atomic E-state index is 0.289. The molecule has 4 nitrogen and oxygen atoms in total. The fourth-order valence-electron chi connectivity index (χ4n) is 2.03. The van der Waals surface area contributed by atoms with Crippen LogP contribution in [0.2, 0.25) is 5.02 Å². The second kappa shape index (κ2) is 7.53. The minimum atomic E-state index is 0.289. The Kier molecular flexibility index (Phi) is 5.20.